The lowest BCUT2D eigenvalue weighted by Crippen LogP contribution is -2.18. The topological polar surface area (TPSA) is 80.4 Å². The normalized spacial score (nSPS) is 12.8. The molecule has 1 aromatic heterocycles. The Balaban J connectivity index is 1.52. The number of H-pyrrole nitrogens is 1. The number of aromatic amines is 1. The predicted octanol–water partition coefficient (Wildman–Crippen LogP) is 2.87. The molecule has 2 aromatic carbocycles. The van der Waals surface area contributed by atoms with Gasteiger partial charge in [-0.05, 0) is 30.7 Å². The summed E-state index contributed by atoms with van der Waals surface area (Å²) in [5.74, 6) is 1.18. The molecule has 1 amide bonds. The number of anilines is 1. The number of nitrogens with one attached hydrogen (secondary N) is 2. The Labute approximate surface area is 149 Å². The Kier molecular flexibility index (Phi) is 4.31. The summed E-state index contributed by atoms with van der Waals surface area (Å²) in [5.41, 5.74) is 1.81. The molecule has 6 nitrogen and oxygen atoms in total. The number of ether oxygens (including phenoxy) is 2. The SMILES string of the molecule is O=C(CCc1cc2cc3c(cc2[nH]c1=O)OCCO3)Nc1ccccc1. The molecule has 2 heterocycles. The fraction of sp³-hybridized carbons (Fsp3) is 0.200. The van der Waals surface area contributed by atoms with E-state index in [-0.39, 0.29) is 17.9 Å². The molecular formula is C20H18N2O4. The summed E-state index contributed by atoms with van der Waals surface area (Å²) in [6.07, 6.45) is 0.590. The first-order valence-electron chi connectivity index (χ1n) is 8.49. The van der Waals surface area contributed by atoms with Crippen molar-refractivity contribution in [3.05, 3.63) is 64.4 Å². The van der Waals surface area contributed by atoms with Gasteiger partial charge in [-0.25, -0.2) is 0 Å². The van der Waals surface area contributed by atoms with E-state index in [0.29, 0.717) is 42.2 Å². The zero-order chi connectivity index (χ0) is 17.9. The lowest BCUT2D eigenvalue weighted by atomic mass is 10.1. The monoisotopic (exact) mass is 350 g/mol. The molecule has 3 aromatic rings. The first kappa shape index (κ1) is 16.2. The Morgan fingerprint density at radius 3 is 2.54 bits per heavy atom. The molecule has 132 valence electrons. The number of rotatable bonds is 4. The first-order valence-corrected chi connectivity index (χ1v) is 8.49. The fourth-order valence-electron chi connectivity index (χ4n) is 2.97. The largest absolute Gasteiger partial charge is 0.486 e. The fourth-order valence-corrected chi connectivity index (χ4v) is 2.97. The van der Waals surface area contributed by atoms with Crippen LogP contribution in [0.2, 0.25) is 0 Å². The van der Waals surface area contributed by atoms with Crippen LogP contribution in [0.4, 0.5) is 5.69 Å². The third kappa shape index (κ3) is 3.39. The van der Waals surface area contributed by atoms with E-state index in [1.807, 2.05) is 42.5 Å². The number of fused-ring (bicyclic) bond motifs is 2. The standard InChI is InChI=1S/C20H18N2O4/c23-19(21-15-4-2-1-3-5-15)7-6-13-10-14-11-17-18(26-9-8-25-17)12-16(14)22-20(13)24/h1-5,10-12H,6-9H2,(H,21,23)(H,22,24). The number of hydrogen-bond donors (Lipinski definition) is 2. The van der Waals surface area contributed by atoms with Gasteiger partial charge in [-0.2, -0.15) is 0 Å². The highest BCUT2D eigenvalue weighted by molar-refractivity contribution is 5.91. The second kappa shape index (κ2) is 6.92. The van der Waals surface area contributed by atoms with Crippen molar-refractivity contribution in [2.45, 2.75) is 12.8 Å². The van der Waals surface area contributed by atoms with Gasteiger partial charge in [-0.15, -0.1) is 0 Å². The minimum absolute atomic E-state index is 0.127. The number of hydrogen-bond acceptors (Lipinski definition) is 4. The molecule has 4 rings (SSSR count). The van der Waals surface area contributed by atoms with Gasteiger partial charge in [-0.3, -0.25) is 9.59 Å². The van der Waals surface area contributed by atoms with Crippen LogP contribution in [0.15, 0.2) is 53.3 Å². The molecule has 0 spiro atoms. The van der Waals surface area contributed by atoms with E-state index in [1.165, 1.54) is 0 Å². The van der Waals surface area contributed by atoms with Crippen molar-refractivity contribution in [2.75, 3.05) is 18.5 Å². The molecule has 0 saturated carbocycles. The third-order valence-corrected chi connectivity index (χ3v) is 4.26. The Morgan fingerprint density at radius 2 is 1.77 bits per heavy atom. The smallest absolute Gasteiger partial charge is 0.251 e. The van der Waals surface area contributed by atoms with Gasteiger partial charge in [0.2, 0.25) is 5.91 Å². The maximum Gasteiger partial charge on any atom is 0.251 e. The van der Waals surface area contributed by atoms with Crippen LogP contribution in [0, 0.1) is 0 Å². The highest BCUT2D eigenvalue weighted by atomic mass is 16.6. The molecular weight excluding hydrogens is 332 g/mol. The highest BCUT2D eigenvalue weighted by Crippen LogP contribution is 2.33. The number of carbonyl (C=O) groups is 1. The van der Waals surface area contributed by atoms with Gasteiger partial charge < -0.3 is 19.8 Å². The van der Waals surface area contributed by atoms with Gasteiger partial charge in [0.05, 0.1) is 5.52 Å². The predicted molar refractivity (Wildman–Crippen MR) is 99.0 cm³/mol. The Hall–Kier alpha value is -3.28. The van der Waals surface area contributed by atoms with Crippen molar-refractivity contribution in [3.63, 3.8) is 0 Å². The summed E-state index contributed by atoms with van der Waals surface area (Å²) in [5, 5.41) is 3.68. The van der Waals surface area contributed by atoms with Crippen molar-refractivity contribution in [3.8, 4) is 11.5 Å². The lowest BCUT2D eigenvalue weighted by Gasteiger charge is -2.18. The minimum atomic E-state index is -0.193. The van der Waals surface area contributed by atoms with Crippen LogP contribution in [0.5, 0.6) is 11.5 Å². The van der Waals surface area contributed by atoms with Gasteiger partial charge in [0, 0.05) is 29.1 Å². The summed E-state index contributed by atoms with van der Waals surface area (Å²) in [6, 6.07) is 14.7. The summed E-state index contributed by atoms with van der Waals surface area (Å²) >= 11 is 0. The van der Waals surface area contributed by atoms with Crippen molar-refractivity contribution >= 4 is 22.5 Å². The second-order valence-corrected chi connectivity index (χ2v) is 6.12. The second-order valence-electron chi connectivity index (χ2n) is 6.12. The molecule has 0 radical (unpaired) electrons. The van der Waals surface area contributed by atoms with Gasteiger partial charge in [0.25, 0.3) is 5.56 Å². The molecule has 0 fully saturated rings. The molecule has 26 heavy (non-hydrogen) atoms. The zero-order valence-electron chi connectivity index (χ0n) is 14.1. The van der Waals surface area contributed by atoms with Crippen molar-refractivity contribution < 1.29 is 14.3 Å². The number of carbonyl (C=O) groups excluding carboxylic acids is 1. The van der Waals surface area contributed by atoms with E-state index in [2.05, 4.69) is 10.3 Å². The van der Waals surface area contributed by atoms with Gasteiger partial charge in [-0.1, -0.05) is 18.2 Å². The van der Waals surface area contributed by atoms with E-state index < -0.39 is 0 Å². The van der Waals surface area contributed by atoms with Crippen LogP contribution >= 0.6 is 0 Å². The molecule has 0 bridgehead atoms. The van der Waals surface area contributed by atoms with Crippen LogP contribution in [0.1, 0.15) is 12.0 Å². The third-order valence-electron chi connectivity index (χ3n) is 4.26. The average Bonchev–Trinajstić information content (AvgIpc) is 2.65. The minimum Gasteiger partial charge on any atom is -0.486 e. The number of aromatic nitrogens is 1. The molecule has 0 aliphatic carbocycles. The van der Waals surface area contributed by atoms with Gasteiger partial charge in [0.15, 0.2) is 11.5 Å². The highest BCUT2D eigenvalue weighted by Gasteiger charge is 2.14. The molecule has 0 atom stereocenters. The van der Waals surface area contributed by atoms with Crippen molar-refractivity contribution in [2.24, 2.45) is 0 Å². The van der Waals surface area contributed by atoms with Gasteiger partial charge in [0.1, 0.15) is 13.2 Å². The summed E-state index contributed by atoms with van der Waals surface area (Å²) in [6.45, 7) is 1.01. The summed E-state index contributed by atoms with van der Waals surface area (Å²) in [7, 11) is 0. The molecule has 0 saturated heterocycles. The van der Waals surface area contributed by atoms with E-state index in [9.17, 15) is 9.59 Å². The number of benzene rings is 2. The summed E-state index contributed by atoms with van der Waals surface area (Å²) < 4.78 is 11.1. The van der Waals surface area contributed by atoms with Crippen molar-refractivity contribution in [1.82, 2.24) is 4.98 Å². The van der Waals surface area contributed by atoms with Crippen molar-refractivity contribution in [1.29, 1.82) is 0 Å². The number of para-hydroxylation sites is 1. The Morgan fingerprint density at radius 1 is 1.04 bits per heavy atom. The molecule has 0 unspecified atom stereocenters. The maximum absolute atomic E-state index is 12.3. The van der Waals surface area contributed by atoms with Crippen LogP contribution < -0.4 is 20.3 Å². The molecule has 2 N–H and O–H groups in total. The van der Waals surface area contributed by atoms with Gasteiger partial charge >= 0.3 is 0 Å². The van der Waals surface area contributed by atoms with Crippen LogP contribution in [0.3, 0.4) is 0 Å². The van der Waals surface area contributed by atoms with Crippen LogP contribution in [-0.2, 0) is 11.2 Å². The van der Waals surface area contributed by atoms with Crippen LogP contribution in [0.25, 0.3) is 10.9 Å². The lowest BCUT2D eigenvalue weighted by molar-refractivity contribution is -0.116. The maximum atomic E-state index is 12.3. The average molecular weight is 350 g/mol. The number of aryl methyl sites for hydroxylation is 1. The van der Waals surface area contributed by atoms with E-state index in [1.54, 1.807) is 6.07 Å². The summed E-state index contributed by atoms with van der Waals surface area (Å²) in [4.78, 5) is 27.3. The first-order chi connectivity index (χ1) is 12.7. The number of pyridine rings is 1. The van der Waals surface area contributed by atoms with E-state index in [0.717, 1.165) is 11.1 Å². The van der Waals surface area contributed by atoms with E-state index >= 15 is 0 Å². The van der Waals surface area contributed by atoms with Crippen LogP contribution in [-0.4, -0.2) is 24.1 Å². The zero-order valence-corrected chi connectivity index (χ0v) is 14.1. The Bertz CT molecular complexity index is 1010. The molecule has 1 aliphatic rings. The number of amides is 1. The van der Waals surface area contributed by atoms with E-state index in [4.69, 9.17) is 9.47 Å². The molecule has 6 heteroatoms. The molecule has 1 aliphatic heterocycles. The quantitative estimate of drug-likeness (QED) is 0.758.